The van der Waals surface area contributed by atoms with Crippen LogP contribution in [0.1, 0.15) is 224 Å². The maximum Gasteiger partial charge on any atom is 0.450 e. The average Bonchev–Trinajstić information content (AvgIpc) is 1.66. The molecule has 626 valence electrons. The Morgan fingerprint density at radius 2 is 0.824 bits per heavy atom. The van der Waals surface area contributed by atoms with E-state index >= 15 is 0 Å². The number of nitrogens with one attached hydrogen (secondary N) is 3. The standard InChI is InChI=1S/C42H47N3O4.C28H35N3O4.C27H32N2O2.BCl3/c1-6-43-42(46)40-39(33-17-18-34-25-45(24-28(2)3)20-19-32(34)21-33)41(49-44-40)36-22-35(29(4)5)37(47-26-30-13-9-7-10-14-30)23-38(36)48-27-31-15-11-8-12-16-31;1-6-29-28(34)26-25(19-7-8-20-15-31(14-16(2)3)10-9-18(20)11-19)27(35-30-26)22-12-21(17(4)5)23(32)13-24(22)33;1-6-28-27(30)25-24(21-12-11-19-9-7-8-10-20(19)14-21)26(31-29-25)23-15-22(16(2)3)17(4)13-18(23)5;2-1(3)4/h7-18,21-23,28-29H,6,19-20,24-27H2,1-5H3,(H,43,46);7-8,11-13,16-17,32-33H,6,9-10,14-15H2,1-5H3,(H,29,34);11-16H,6-10H2,1-5H3,(H,28,30);. The fraction of sp³-hybridized carbons (Fsp3) is 0.381. The third-order valence-corrected chi connectivity index (χ3v) is 21.7. The number of rotatable bonds is 25. The van der Waals surface area contributed by atoms with Crippen LogP contribution in [0.4, 0.5) is 0 Å². The summed E-state index contributed by atoms with van der Waals surface area (Å²) in [5, 5.41) is 42.4. The molecule has 14 rings (SSSR count). The van der Waals surface area contributed by atoms with Crippen LogP contribution < -0.4 is 25.4 Å². The monoisotopic (exact) mass is 1670 g/mol. The molecule has 0 atom stereocenters. The number of fused-ring (bicyclic) bond motifs is 3. The van der Waals surface area contributed by atoms with E-state index in [0.717, 1.165) is 126 Å². The Labute approximate surface area is 716 Å². The molecule has 18 nitrogen and oxygen atoms in total. The van der Waals surface area contributed by atoms with E-state index in [1.807, 2.05) is 95.3 Å². The fourth-order valence-corrected chi connectivity index (χ4v) is 16.1. The van der Waals surface area contributed by atoms with Gasteiger partial charge in [0.1, 0.15) is 36.2 Å². The summed E-state index contributed by atoms with van der Waals surface area (Å²) in [7, 11) is 0. The maximum absolute atomic E-state index is 13.5. The van der Waals surface area contributed by atoms with Crippen molar-refractivity contribution in [2.75, 3.05) is 45.8 Å². The van der Waals surface area contributed by atoms with Gasteiger partial charge in [-0.25, -0.2) is 0 Å². The van der Waals surface area contributed by atoms with Gasteiger partial charge in [0.2, 0.25) is 0 Å². The molecule has 5 N–H and O–H groups in total. The molecule has 0 spiro atoms. The zero-order valence-electron chi connectivity index (χ0n) is 71.4. The fourth-order valence-electron chi connectivity index (χ4n) is 16.1. The molecular weight excluding hydrogens is 1550 g/mol. The normalized spacial score (nSPS) is 13.2. The summed E-state index contributed by atoms with van der Waals surface area (Å²) in [5.74, 6) is 3.71. The number of ether oxygens (including phenoxy) is 2. The average molecular weight is 1670 g/mol. The predicted molar refractivity (Wildman–Crippen MR) is 480 cm³/mol. The van der Waals surface area contributed by atoms with Gasteiger partial charge in [0.25, 0.3) is 17.7 Å². The third-order valence-electron chi connectivity index (χ3n) is 21.7. The first kappa shape index (κ1) is 89.6. The largest absolute Gasteiger partial charge is 0.508 e. The molecule has 0 unspecified atom stereocenters. The lowest BCUT2D eigenvalue weighted by Crippen LogP contribution is -2.33. The van der Waals surface area contributed by atoms with Gasteiger partial charge in [0, 0.05) is 76.6 Å². The van der Waals surface area contributed by atoms with E-state index in [4.69, 9.17) is 57.4 Å². The Balaban J connectivity index is 0.000000176. The zero-order chi connectivity index (χ0) is 85.3. The first-order valence-corrected chi connectivity index (χ1v) is 43.2. The molecule has 2 aliphatic heterocycles. The van der Waals surface area contributed by atoms with E-state index in [2.05, 4.69) is 189 Å². The number of aromatic hydroxyl groups is 2. The van der Waals surface area contributed by atoms with Gasteiger partial charge >= 0.3 is 4.96 Å². The highest BCUT2D eigenvalue weighted by atomic mass is 35.6. The number of aryl methyl sites for hydroxylation is 4. The number of hydrogen-bond donors (Lipinski definition) is 5. The second-order valence-corrected chi connectivity index (χ2v) is 34.8. The Morgan fingerprint density at radius 3 is 1.25 bits per heavy atom. The molecule has 22 heteroatoms. The van der Waals surface area contributed by atoms with Crippen LogP contribution in [0.25, 0.3) is 67.4 Å². The highest BCUT2D eigenvalue weighted by Gasteiger charge is 2.33. The third kappa shape index (κ3) is 22.5. The number of amides is 3. The highest BCUT2D eigenvalue weighted by Crippen LogP contribution is 2.48. The van der Waals surface area contributed by atoms with Crippen molar-refractivity contribution in [3.05, 3.63) is 241 Å². The van der Waals surface area contributed by atoms with E-state index in [1.54, 1.807) is 6.07 Å². The highest BCUT2D eigenvalue weighted by molar-refractivity contribution is 7.54. The number of benzene rings is 8. The minimum Gasteiger partial charge on any atom is -0.508 e. The number of hydrogen-bond acceptors (Lipinski definition) is 15. The van der Waals surface area contributed by atoms with E-state index < -0.39 is 4.96 Å². The van der Waals surface area contributed by atoms with Crippen LogP contribution in [0.5, 0.6) is 23.0 Å². The molecule has 5 heterocycles. The topological polar surface area (TPSA) is 231 Å². The van der Waals surface area contributed by atoms with E-state index in [9.17, 15) is 24.6 Å². The first-order valence-electron chi connectivity index (χ1n) is 41.9. The van der Waals surface area contributed by atoms with Crippen molar-refractivity contribution in [1.29, 1.82) is 0 Å². The number of phenols is 2. The smallest absolute Gasteiger partial charge is 0.450 e. The van der Waals surface area contributed by atoms with Gasteiger partial charge in [0.15, 0.2) is 34.4 Å². The molecule has 0 radical (unpaired) electrons. The van der Waals surface area contributed by atoms with Crippen molar-refractivity contribution >= 4 is 57.1 Å². The molecule has 8 aromatic carbocycles. The number of carbonyl (C=O) groups is 3. The van der Waals surface area contributed by atoms with Gasteiger partial charge in [-0.3, -0.25) is 24.2 Å². The Hall–Kier alpha value is -10.1. The van der Waals surface area contributed by atoms with Crippen molar-refractivity contribution in [2.45, 2.75) is 186 Å². The molecule has 0 bridgehead atoms. The van der Waals surface area contributed by atoms with Crippen LogP contribution in [-0.4, -0.2) is 104 Å². The minimum absolute atomic E-state index is 0.0194. The van der Waals surface area contributed by atoms with Crippen LogP contribution in [0, 0.1) is 25.7 Å². The summed E-state index contributed by atoms with van der Waals surface area (Å²) in [6, 6.07) is 51.0. The van der Waals surface area contributed by atoms with Crippen LogP contribution in [0.3, 0.4) is 0 Å². The summed E-state index contributed by atoms with van der Waals surface area (Å²) >= 11 is 14.4. The molecule has 3 amide bonds. The molecular formula is C97H114BCl3N8O10. The molecule has 1 aliphatic carbocycles. The minimum atomic E-state index is -0.750. The van der Waals surface area contributed by atoms with Gasteiger partial charge in [0.05, 0.1) is 27.8 Å². The van der Waals surface area contributed by atoms with Crippen LogP contribution in [0.15, 0.2) is 165 Å². The molecule has 119 heavy (non-hydrogen) atoms. The van der Waals surface area contributed by atoms with Crippen molar-refractivity contribution < 1.29 is 47.6 Å². The SMILES string of the molecule is CCNC(=O)c1noc(-c2cc(C(C)C)c(C)cc2C)c1-c1ccc2c(c1)CCCC2.CCNC(=O)c1noc(-c2cc(C(C)C)c(O)cc2O)c1-c1ccc2c(c1)CCN(CC(C)C)C2.CCNC(=O)c1noc(-c2cc(C(C)C)c(OCc3ccccc3)cc2OCc2ccccc2)c1-c1ccc2c(c1)CCN(CC(C)C)C2.ClB(Cl)Cl. The quantitative estimate of drug-likeness (QED) is 0.0335. The Kier molecular flexibility index (Phi) is 31.4. The molecule has 3 aliphatic rings. The Bertz CT molecular complexity index is 5310. The number of aromatic nitrogens is 3. The molecule has 0 fully saturated rings. The number of phenolic OH excluding ortho intramolecular Hbond substituents is 2. The van der Waals surface area contributed by atoms with Gasteiger partial charge in [-0.05, 0) is 210 Å². The van der Waals surface area contributed by atoms with Gasteiger partial charge in [-0.15, -0.1) is 0 Å². The van der Waals surface area contributed by atoms with E-state index in [-0.39, 0.29) is 52.4 Å². The first-order chi connectivity index (χ1) is 57.1. The summed E-state index contributed by atoms with van der Waals surface area (Å²) in [5.41, 5.74) is 23.1. The summed E-state index contributed by atoms with van der Waals surface area (Å²) in [4.78, 5) is 43.5. The Morgan fingerprint density at radius 1 is 0.437 bits per heavy atom. The predicted octanol–water partition coefficient (Wildman–Crippen LogP) is 22.4. The van der Waals surface area contributed by atoms with Crippen LogP contribution in [0.2, 0.25) is 0 Å². The summed E-state index contributed by atoms with van der Waals surface area (Å²) < 4.78 is 30.8. The van der Waals surface area contributed by atoms with Crippen LogP contribution >= 0.6 is 34.4 Å². The van der Waals surface area contributed by atoms with Crippen molar-refractivity contribution in [2.24, 2.45) is 11.8 Å². The van der Waals surface area contributed by atoms with Crippen molar-refractivity contribution in [3.8, 4) is 90.3 Å². The van der Waals surface area contributed by atoms with Gasteiger partial charge < -0.3 is 49.2 Å². The van der Waals surface area contributed by atoms with Crippen molar-refractivity contribution in [3.63, 3.8) is 0 Å². The lowest BCUT2D eigenvalue weighted by molar-refractivity contribution is 0.0939. The summed E-state index contributed by atoms with van der Waals surface area (Å²) in [6.07, 6.45) is 6.55. The maximum atomic E-state index is 13.5. The second-order valence-electron chi connectivity index (χ2n) is 32.8. The van der Waals surface area contributed by atoms with Crippen molar-refractivity contribution in [1.82, 2.24) is 41.2 Å². The van der Waals surface area contributed by atoms with Gasteiger partial charge in [-0.2, -0.15) is 34.4 Å². The molecule has 0 saturated heterocycles. The number of nitrogens with zero attached hydrogens (tertiary/aromatic N) is 5. The molecule has 0 saturated carbocycles. The second kappa shape index (κ2) is 41.7. The van der Waals surface area contributed by atoms with E-state index in [0.29, 0.717) is 102 Å². The molecule has 3 aromatic heterocycles. The lowest BCUT2D eigenvalue weighted by atomic mass is 9.87. The lowest BCUT2D eigenvalue weighted by Gasteiger charge is -2.30. The number of halogens is 3. The zero-order valence-corrected chi connectivity index (χ0v) is 73.7. The summed E-state index contributed by atoms with van der Waals surface area (Å²) in [6.45, 7) is 39.8. The number of carbonyl (C=O) groups excluding carboxylic acids is 3. The van der Waals surface area contributed by atoms with Gasteiger partial charge in [-0.1, -0.05) is 206 Å². The molecule has 11 aromatic rings. The van der Waals surface area contributed by atoms with Crippen LogP contribution in [-0.2, 0) is 52.0 Å². The van der Waals surface area contributed by atoms with E-state index in [1.165, 1.54) is 63.4 Å².